The molecule has 0 aliphatic carbocycles. The van der Waals surface area contributed by atoms with Crippen LogP contribution in [0.1, 0.15) is 23.6 Å². The van der Waals surface area contributed by atoms with Crippen molar-refractivity contribution in [2.45, 2.75) is 27.7 Å². The Morgan fingerprint density at radius 3 is 2.00 bits per heavy atom. The van der Waals surface area contributed by atoms with E-state index in [0.29, 0.717) is 0 Å². The van der Waals surface area contributed by atoms with Crippen molar-refractivity contribution >= 4 is 0 Å². The molecule has 0 spiro atoms. The van der Waals surface area contributed by atoms with Crippen LogP contribution in [0.2, 0.25) is 0 Å². The fourth-order valence-corrected chi connectivity index (χ4v) is 1.25. The van der Waals surface area contributed by atoms with Gasteiger partial charge in [0, 0.05) is 0 Å². The van der Waals surface area contributed by atoms with E-state index >= 15 is 0 Å². The molecule has 1 rings (SSSR count). The van der Waals surface area contributed by atoms with E-state index in [0.717, 1.165) is 12.4 Å². The van der Waals surface area contributed by atoms with Gasteiger partial charge in [-0.1, -0.05) is 0 Å². The van der Waals surface area contributed by atoms with Gasteiger partial charge in [0.15, 0.2) is 0 Å². The highest BCUT2D eigenvalue weighted by Crippen LogP contribution is 2.20. The summed E-state index contributed by atoms with van der Waals surface area (Å²) in [5.41, 5.74) is 3.97. The zero-order chi connectivity index (χ0) is 9.14. The maximum absolute atomic E-state index is 5.42. The van der Waals surface area contributed by atoms with E-state index in [1.165, 1.54) is 16.7 Å². The lowest BCUT2D eigenvalue weighted by molar-refractivity contribution is 0.339. The standard InChI is InChI=1S/C11H16O/c1-5-12-11-6-8(2)10(4)9(3)7-11/h6-7H,5H2,1-4H3. The molecule has 66 valence electrons. The van der Waals surface area contributed by atoms with Gasteiger partial charge in [-0.2, -0.15) is 0 Å². The second-order valence-corrected chi connectivity index (χ2v) is 3.12. The molecule has 0 aliphatic rings. The molecule has 0 bridgehead atoms. The highest BCUT2D eigenvalue weighted by atomic mass is 16.5. The first kappa shape index (κ1) is 9.11. The average Bonchev–Trinajstić information content (AvgIpc) is 2.01. The maximum Gasteiger partial charge on any atom is 0.119 e. The predicted molar refractivity (Wildman–Crippen MR) is 51.8 cm³/mol. The summed E-state index contributed by atoms with van der Waals surface area (Å²) in [7, 11) is 0. The van der Waals surface area contributed by atoms with Gasteiger partial charge < -0.3 is 4.74 Å². The first-order valence-corrected chi connectivity index (χ1v) is 4.35. The molecule has 0 unspecified atom stereocenters. The molecular formula is C11H16O. The smallest absolute Gasteiger partial charge is 0.119 e. The molecule has 1 aromatic rings. The first-order valence-electron chi connectivity index (χ1n) is 4.35. The molecule has 0 atom stereocenters. The molecule has 0 saturated carbocycles. The van der Waals surface area contributed by atoms with Gasteiger partial charge in [0.1, 0.15) is 5.75 Å². The monoisotopic (exact) mass is 164 g/mol. The van der Waals surface area contributed by atoms with Gasteiger partial charge in [-0.3, -0.25) is 0 Å². The minimum Gasteiger partial charge on any atom is -0.494 e. The lowest BCUT2D eigenvalue weighted by atomic mass is 10.0. The van der Waals surface area contributed by atoms with Crippen molar-refractivity contribution in [1.29, 1.82) is 0 Å². The van der Waals surface area contributed by atoms with Gasteiger partial charge in [0.05, 0.1) is 6.61 Å². The third kappa shape index (κ3) is 1.79. The third-order valence-electron chi connectivity index (χ3n) is 2.21. The van der Waals surface area contributed by atoms with Crippen LogP contribution in [-0.2, 0) is 0 Å². The topological polar surface area (TPSA) is 9.23 Å². The molecule has 0 radical (unpaired) electrons. The molecule has 0 saturated heterocycles. The highest BCUT2D eigenvalue weighted by Gasteiger charge is 2.00. The Morgan fingerprint density at radius 1 is 1.08 bits per heavy atom. The van der Waals surface area contributed by atoms with Gasteiger partial charge in [-0.15, -0.1) is 0 Å². The summed E-state index contributed by atoms with van der Waals surface area (Å²) in [4.78, 5) is 0. The lowest BCUT2D eigenvalue weighted by Crippen LogP contribution is -1.94. The maximum atomic E-state index is 5.42. The Kier molecular flexibility index (Phi) is 2.74. The van der Waals surface area contributed by atoms with E-state index < -0.39 is 0 Å². The summed E-state index contributed by atoms with van der Waals surface area (Å²) in [5.74, 6) is 0.984. The minimum atomic E-state index is 0.738. The van der Waals surface area contributed by atoms with Crippen LogP contribution in [0.25, 0.3) is 0 Å². The van der Waals surface area contributed by atoms with Crippen LogP contribution in [-0.4, -0.2) is 6.61 Å². The Hall–Kier alpha value is -0.980. The number of benzene rings is 1. The molecule has 0 N–H and O–H groups in total. The van der Waals surface area contributed by atoms with Crippen molar-refractivity contribution in [3.05, 3.63) is 28.8 Å². The fourth-order valence-electron chi connectivity index (χ4n) is 1.25. The predicted octanol–water partition coefficient (Wildman–Crippen LogP) is 3.01. The minimum absolute atomic E-state index is 0.738. The molecule has 0 heterocycles. The fraction of sp³-hybridized carbons (Fsp3) is 0.455. The Labute approximate surface area is 74.4 Å². The van der Waals surface area contributed by atoms with E-state index in [1.807, 2.05) is 6.92 Å². The van der Waals surface area contributed by atoms with Gasteiger partial charge in [-0.05, 0) is 56.5 Å². The van der Waals surface area contributed by atoms with Gasteiger partial charge in [-0.25, -0.2) is 0 Å². The summed E-state index contributed by atoms with van der Waals surface area (Å²) in [5, 5.41) is 0. The zero-order valence-electron chi connectivity index (χ0n) is 8.27. The molecule has 0 aromatic heterocycles. The Balaban J connectivity index is 3.04. The van der Waals surface area contributed by atoms with Crippen LogP contribution < -0.4 is 4.74 Å². The molecule has 0 aliphatic heterocycles. The number of aryl methyl sites for hydroxylation is 2. The van der Waals surface area contributed by atoms with E-state index in [9.17, 15) is 0 Å². The molecule has 0 fully saturated rings. The molecule has 1 heteroatoms. The molecule has 12 heavy (non-hydrogen) atoms. The summed E-state index contributed by atoms with van der Waals surface area (Å²) < 4.78 is 5.42. The van der Waals surface area contributed by atoms with Gasteiger partial charge in [0.2, 0.25) is 0 Å². The number of hydrogen-bond acceptors (Lipinski definition) is 1. The average molecular weight is 164 g/mol. The van der Waals surface area contributed by atoms with Gasteiger partial charge >= 0.3 is 0 Å². The van der Waals surface area contributed by atoms with Crippen molar-refractivity contribution in [1.82, 2.24) is 0 Å². The number of ether oxygens (including phenoxy) is 1. The summed E-state index contributed by atoms with van der Waals surface area (Å²) in [6, 6.07) is 4.18. The molecular weight excluding hydrogens is 148 g/mol. The molecule has 1 nitrogen and oxygen atoms in total. The summed E-state index contributed by atoms with van der Waals surface area (Å²) >= 11 is 0. The molecule has 1 aromatic carbocycles. The number of hydrogen-bond donors (Lipinski definition) is 0. The van der Waals surface area contributed by atoms with Crippen LogP contribution >= 0.6 is 0 Å². The quantitative estimate of drug-likeness (QED) is 0.653. The Morgan fingerprint density at radius 2 is 1.58 bits per heavy atom. The van der Waals surface area contributed by atoms with Crippen molar-refractivity contribution in [3.63, 3.8) is 0 Å². The summed E-state index contributed by atoms with van der Waals surface area (Å²) in [6.07, 6.45) is 0. The summed E-state index contributed by atoms with van der Waals surface area (Å²) in [6.45, 7) is 9.11. The number of rotatable bonds is 2. The van der Waals surface area contributed by atoms with Gasteiger partial charge in [0.25, 0.3) is 0 Å². The van der Waals surface area contributed by atoms with Crippen LogP contribution in [0, 0.1) is 20.8 Å². The lowest BCUT2D eigenvalue weighted by Gasteiger charge is -2.08. The van der Waals surface area contributed by atoms with E-state index in [2.05, 4.69) is 32.9 Å². The first-order chi connectivity index (χ1) is 5.65. The van der Waals surface area contributed by atoms with E-state index in [4.69, 9.17) is 4.74 Å². The van der Waals surface area contributed by atoms with Crippen LogP contribution in [0.15, 0.2) is 12.1 Å². The second-order valence-electron chi connectivity index (χ2n) is 3.12. The third-order valence-corrected chi connectivity index (χ3v) is 2.21. The SMILES string of the molecule is CCOc1cc(C)c(C)c(C)c1. The Bertz CT molecular complexity index is 253. The van der Waals surface area contributed by atoms with E-state index in [-0.39, 0.29) is 0 Å². The second kappa shape index (κ2) is 3.61. The van der Waals surface area contributed by atoms with Crippen molar-refractivity contribution < 1.29 is 4.74 Å². The van der Waals surface area contributed by atoms with E-state index in [1.54, 1.807) is 0 Å². The largest absolute Gasteiger partial charge is 0.494 e. The van der Waals surface area contributed by atoms with Crippen LogP contribution in [0.3, 0.4) is 0 Å². The van der Waals surface area contributed by atoms with Crippen molar-refractivity contribution in [2.24, 2.45) is 0 Å². The van der Waals surface area contributed by atoms with Crippen LogP contribution in [0.5, 0.6) is 5.75 Å². The molecule has 0 amide bonds. The zero-order valence-corrected chi connectivity index (χ0v) is 8.27. The van der Waals surface area contributed by atoms with Crippen molar-refractivity contribution in [2.75, 3.05) is 6.61 Å². The van der Waals surface area contributed by atoms with Crippen LogP contribution in [0.4, 0.5) is 0 Å². The normalized spacial score (nSPS) is 10.0. The van der Waals surface area contributed by atoms with Crippen molar-refractivity contribution in [3.8, 4) is 5.75 Å². The highest BCUT2D eigenvalue weighted by molar-refractivity contribution is 5.40.